The molecule has 1 atom stereocenters. The molecule has 0 saturated heterocycles. The van der Waals surface area contributed by atoms with Crippen LogP contribution in [-0.2, 0) is 11.3 Å². The predicted octanol–water partition coefficient (Wildman–Crippen LogP) is 1.87. The minimum Gasteiger partial charge on any atom is -0.508 e. The molecule has 0 aliphatic rings. The molecule has 1 amide bonds. The van der Waals surface area contributed by atoms with Crippen molar-refractivity contribution in [2.45, 2.75) is 38.8 Å². The van der Waals surface area contributed by atoms with E-state index >= 15 is 0 Å². The van der Waals surface area contributed by atoms with Crippen molar-refractivity contribution < 1.29 is 9.90 Å². The topological polar surface area (TPSA) is 66.6 Å². The molecule has 0 radical (unpaired) electrons. The normalized spacial score (nSPS) is 12.2. The number of likely N-dealkylation sites (N-methyl/N-ethyl adjacent to an activating group) is 1. The number of nitrogens with zero attached hydrogens (tertiary/aromatic N) is 1. The van der Waals surface area contributed by atoms with Gasteiger partial charge >= 0.3 is 0 Å². The van der Waals surface area contributed by atoms with Crippen LogP contribution in [0.25, 0.3) is 0 Å². The van der Waals surface area contributed by atoms with Crippen LogP contribution in [0.2, 0.25) is 0 Å². The van der Waals surface area contributed by atoms with Gasteiger partial charge in [-0.1, -0.05) is 31.9 Å². The SMILES string of the molecule is CCCC[C@H](N)C(=O)N(C)Cc1cccc(O)c1. The Morgan fingerprint density at radius 2 is 2.22 bits per heavy atom. The molecule has 1 aromatic carbocycles. The van der Waals surface area contributed by atoms with Crippen molar-refractivity contribution in [2.75, 3.05) is 7.05 Å². The Morgan fingerprint density at radius 3 is 2.83 bits per heavy atom. The lowest BCUT2D eigenvalue weighted by molar-refractivity contribution is -0.132. The first-order valence-corrected chi connectivity index (χ1v) is 6.33. The van der Waals surface area contributed by atoms with Gasteiger partial charge in [0.15, 0.2) is 0 Å². The average Bonchev–Trinajstić information content (AvgIpc) is 2.35. The number of carbonyl (C=O) groups is 1. The fourth-order valence-corrected chi connectivity index (χ4v) is 1.84. The highest BCUT2D eigenvalue weighted by Gasteiger charge is 2.17. The second-order valence-electron chi connectivity index (χ2n) is 4.61. The third-order valence-electron chi connectivity index (χ3n) is 2.89. The molecule has 0 bridgehead atoms. The summed E-state index contributed by atoms with van der Waals surface area (Å²) in [5.41, 5.74) is 6.74. The zero-order valence-electron chi connectivity index (χ0n) is 11.1. The quantitative estimate of drug-likeness (QED) is 0.810. The summed E-state index contributed by atoms with van der Waals surface area (Å²) in [6, 6.07) is 6.48. The number of amides is 1. The molecule has 18 heavy (non-hydrogen) atoms. The zero-order chi connectivity index (χ0) is 13.5. The first kappa shape index (κ1) is 14.5. The van der Waals surface area contributed by atoms with Crippen molar-refractivity contribution in [3.05, 3.63) is 29.8 Å². The highest BCUT2D eigenvalue weighted by atomic mass is 16.3. The number of nitrogens with two attached hydrogens (primary N) is 1. The van der Waals surface area contributed by atoms with Crippen molar-refractivity contribution in [3.8, 4) is 5.75 Å². The number of phenols is 1. The van der Waals surface area contributed by atoms with Crippen molar-refractivity contribution in [1.82, 2.24) is 4.90 Å². The molecule has 0 heterocycles. The molecule has 100 valence electrons. The van der Waals surface area contributed by atoms with E-state index in [4.69, 9.17) is 5.73 Å². The number of hydrogen-bond donors (Lipinski definition) is 2. The first-order chi connectivity index (χ1) is 8.54. The number of aromatic hydroxyl groups is 1. The minimum absolute atomic E-state index is 0.0493. The van der Waals surface area contributed by atoms with E-state index in [1.54, 1.807) is 30.1 Å². The van der Waals surface area contributed by atoms with Gasteiger partial charge in [0.2, 0.25) is 5.91 Å². The third-order valence-corrected chi connectivity index (χ3v) is 2.89. The van der Waals surface area contributed by atoms with Gasteiger partial charge in [-0.15, -0.1) is 0 Å². The molecule has 4 nitrogen and oxygen atoms in total. The first-order valence-electron chi connectivity index (χ1n) is 6.33. The van der Waals surface area contributed by atoms with Gasteiger partial charge in [0, 0.05) is 13.6 Å². The molecule has 1 aromatic rings. The van der Waals surface area contributed by atoms with Gasteiger partial charge in [-0.3, -0.25) is 4.79 Å². The fourth-order valence-electron chi connectivity index (χ4n) is 1.84. The van der Waals surface area contributed by atoms with E-state index in [1.807, 2.05) is 6.07 Å². The molecule has 0 aliphatic heterocycles. The van der Waals surface area contributed by atoms with Crippen molar-refractivity contribution >= 4 is 5.91 Å². The van der Waals surface area contributed by atoms with Crippen molar-refractivity contribution in [1.29, 1.82) is 0 Å². The molecule has 1 rings (SSSR count). The number of phenolic OH excluding ortho intramolecular Hbond substituents is 1. The van der Waals surface area contributed by atoms with Gasteiger partial charge in [-0.2, -0.15) is 0 Å². The summed E-state index contributed by atoms with van der Waals surface area (Å²) in [5.74, 6) is 0.162. The Labute approximate surface area is 108 Å². The maximum Gasteiger partial charge on any atom is 0.239 e. The highest BCUT2D eigenvalue weighted by Crippen LogP contribution is 2.13. The summed E-state index contributed by atoms with van der Waals surface area (Å²) >= 11 is 0. The van der Waals surface area contributed by atoms with Crippen molar-refractivity contribution in [2.24, 2.45) is 5.73 Å². The van der Waals surface area contributed by atoms with Crippen LogP contribution in [0, 0.1) is 0 Å². The van der Waals surface area contributed by atoms with Crippen LogP contribution in [0.4, 0.5) is 0 Å². The Balaban J connectivity index is 2.54. The number of hydrogen-bond acceptors (Lipinski definition) is 3. The van der Waals surface area contributed by atoms with Crippen LogP contribution in [0.15, 0.2) is 24.3 Å². The zero-order valence-corrected chi connectivity index (χ0v) is 11.1. The molecule has 0 unspecified atom stereocenters. The van der Waals surface area contributed by atoms with Crippen LogP contribution in [0.5, 0.6) is 5.75 Å². The summed E-state index contributed by atoms with van der Waals surface area (Å²) in [6.07, 6.45) is 2.73. The summed E-state index contributed by atoms with van der Waals surface area (Å²) in [7, 11) is 1.73. The van der Waals surface area contributed by atoms with Crippen LogP contribution in [0.1, 0.15) is 31.7 Å². The molecular formula is C14H22N2O2. The number of rotatable bonds is 6. The lowest BCUT2D eigenvalue weighted by Gasteiger charge is -2.21. The van der Waals surface area contributed by atoms with Gasteiger partial charge in [0.05, 0.1) is 6.04 Å². The minimum atomic E-state index is -0.424. The molecule has 0 fully saturated rings. The fraction of sp³-hybridized carbons (Fsp3) is 0.500. The molecule has 0 spiro atoms. The second-order valence-corrected chi connectivity index (χ2v) is 4.61. The smallest absolute Gasteiger partial charge is 0.239 e. The molecule has 3 N–H and O–H groups in total. The summed E-state index contributed by atoms with van der Waals surface area (Å²) < 4.78 is 0. The van der Waals surface area contributed by atoms with Gasteiger partial charge in [0.1, 0.15) is 5.75 Å². The Morgan fingerprint density at radius 1 is 1.50 bits per heavy atom. The van der Waals surface area contributed by atoms with Crippen molar-refractivity contribution in [3.63, 3.8) is 0 Å². The van der Waals surface area contributed by atoms with E-state index in [0.29, 0.717) is 6.54 Å². The molecule has 0 aliphatic carbocycles. The van der Waals surface area contributed by atoms with Crippen LogP contribution in [-0.4, -0.2) is 29.0 Å². The lowest BCUT2D eigenvalue weighted by Crippen LogP contribution is -2.41. The van der Waals surface area contributed by atoms with Crippen LogP contribution >= 0.6 is 0 Å². The van der Waals surface area contributed by atoms with Gasteiger partial charge in [0.25, 0.3) is 0 Å². The van der Waals surface area contributed by atoms with Crippen LogP contribution < -0.4 is 5.73 Å². The number of unbranched alkanes of at least 4 members (excludes halogenated alkanes) is 1. The monoisotopic (exact) mass is 250 g/mol. The van der Waals surface area contributed by atoms with E-state index in [1.165, 1.54) is 0 Å². The second kappa shape index (κ2) is 7.01. The highest BCUT2D eigenvalue weighted by molar-refractivity contribution is 5.81. The summed E-state index contributed by atoms with van der Waals surface area (Å²) in [6.45, 7) is 2.54. The molecule has 4 heteroatoms. The molecular weight excluding hydrogens is 228 g/mol. The number of carbonyl (C=O) groups excluding carboxylic acids is 1. The summed E-state index contributed by atoms with van der Waals surface area (Å²) in [5, 5.41) is 9.36. The third kappa shape index (κ3) is 4.37. The van der Waals surface area contributed by atoms with E-state index in [2.05, 4.69) is 6.92 Å². The van der Waals surface area contributed by atoms with E-state index < -0.39 is 6.04 Å². The van der Waals surface area contributed by atoms with E-state index in [-0.39, 0.29) is 11.7 Å². The lowest BCUT2D eigenvalue weighted by atomic mass is 10.1. The van der Waals surface area contributed by atoms with Gasteiger partial charge in [-0.05, 0) is 24.1 Å². The summed E-state index contributed by atoms with van der Waals surface area (Å²) in [4.78, 5) is 13.6. The Bertz CT molecular complexity index is 393. The van der Waals surface area contributed by atoms with E-state index in [0.717, 1.165) is 24.8 Å². The number of benzene rings is 1. The Kier molecular flexibility index (Phi) is 5.65. The van der Waals surface area contributed by atoms with Gasteiger partial charge in [-0.25, -0.2) is 0 Å². The molecule has 0 saturated carbocycles. The van der Waals surface area contributed by atoms with Crippen LogP contribution in [0.3, 0.4) is 0 Å². The standard InChI is InChI=1S/C14H22N2O2/c1-3-4-8-13(15)14(18)16(2)10-11-6-5-7-12(17)9-11/h5-7,9,13,17H,3-4,8,10,15H2,1-2H3/t13-/m0/s1. The maximum absolute atomic E-state index is 12.0. The van der Waals surface area contributed by atoms with Gasteiger partial charge < -0.3 is 15.7 Å². The maximum atomic E-state index is 12.0. The molecule has 0 aromatic heterocycles. The van der Waals surface area contributed by atoms with E-state index in [9.17, 15) is 9.90 Å². The largest absolute Gasteiger partial charge is 0.508 e. The Hall–Kier alpha value is -1.55. The average molecular weight is 250 g/mol. The predicted molar refractivity (Wildman–Crippen MR) is 72.1 cm³/mol.